The van der Waals surface area contributed by atoms with Crippen LogP contribution in [0.2, 0.25) is 0 Å². The van der Waals surface area contributed by atoms with Gasteiger partial charge in [-0.3, -0.25) is 9.59 Å². The minimum absolute atomic E-state index is 0.251. The molecule has 40 heavy (non-hydrogen) atoms. The summed E-state index contributed by atoms with van der Waals surface area (Å²) in [6.45, 7) is 1.54. The summed E-state index contributed by atoms with van der Waals surface area (Å²) < 4.78 is 0. The summed E-state index contributed by atoms with van der Waals surface area (Å²) in [7, 11) is -2.14. The average molecular weight is 557 g/mol. The second-order valence-electron chi connectivity index (χ2n) is 10.8. The van der Waals surface area contributed by atoms with Gasteiger partial charge in [-0.1, -0.05) is 0 Å². The molecule has 0 aromatic heterocycles. The molecule has 0 heterocycles. The second-order valence-corrected chi connectivity index (χ2v) is 14.8. The summed E-state index contributed by atoms with van der Waals surface area (Å²) in [5.41, 5.74) is 0.588. The van der Waals surface area contributed by atoms with Gasteiger partial charge in [0, 0.05) is 0 Å². The number of aliphatic hydroxyl groups excluding tert-OH is 2. The number of ketones is 2. The molecule has 3 aromatic carbocycles. The number of allylic oxidation sites excluding steroid dienone is 2. The van der Waals surface area contributed by atoms with Crippen molar-refractivity contribution in [3.63, 3.8) is 0 Å². The van der Waals surface area contributed by atoms with Crippen LogP contribution >= 0.6 is 7.26 Å². The summed E-state index contributed by atoms with van der Waals surface area (Å²) >= 11 is 0. The number of carbonyl (C=O) groups is 2. The maximum absolute atomic E-state index is 12.2. The monoisotopic (exact) mass is 556 g/mol. The van der Waals surface area contributed by atoms with Gasteiger partial charge in [0.05, 0.1) is 0 Å². The van der Waals surface area contributed by atoms with Crippen molar-refractivity contribution >= 4 is 34.7 Å². The van der Waals surface area contributed by atoms with Crippen LogP contribution in [0, 0.1) is 0 Å². The molecule has 0 spiro atoms. The number of hydrogen-bond donors (Lipinski definition) is 2. The number of unbranched alkanes of at least 4 members (excludes halogenated alkanes) is 7. The van der Waals surface area contributed by atoms with Crippen molar-refractivity contribution in [3.05, 3.63) is 114 Å². The predicted molar refractivity (Wildman–Crippen MR) is 168 cm³/mol. The first-order valence-corrected chi connectivity index (χ1v) is 16.8. The van der Waals surface area contributed by atoms with Crippen molar-refractivity contribution in [3.8, 4) is 0 Å². The van der Waals surface area contributed by atoms with Crippen molar-refractivity contribution in [1.82, 2.24) is 0 Å². The van der Waals surface area contributed by atoms with Crippen LogP contribution in [0.5, 0.6) is 0 Å². The zero-order valence-corrected chi connectivity index (χ0v) is 24.4. The zero-order valence-electron chi connectivity index (χ0n) is 23.4. The molecule has 0 unspecified atom stereocenters. The minimum atomic E-state index is -2.14. The number of rotatable bonds is 14. The molecule has 0 amide bonds. The van der Waals surface area contributed by atoms with Crippen LogP contribution in [0.15, 0.2) is 114 Å². The molecule has 0 saturated carbocycles. The van der Waals surface area contributed by atoms with Gasteiger partial charge in [-0.2, -0.15) is 0 Å². The second kappa shape index (κ2) is 14.2. The van der Waals surface area contributed by atoms with E-state index in [1.807, 2.05) is 0 Å². The third-order valence-electron chi connectivity index (χ3n) is 8.25. The number of Topliss-reactive ketones (excluding diaryl/α,β-unsaturated/α-hetero) is 2. The van der Waals surface area contributed by atoms with Crippen LogP contribution < -0.4 is 15.9 Å². The van der Waals surface area contributed by atoms with E-state index in [2.05, 4.69) is 91.0 Å². The van der Waals surface area contributed by atoms with Crippen molar-refractivity contribution < 1.29 is 19.8 Å². The first-order valence-electron chi connectivity index (χ1n) is 14.5. The quantitative estimate of drug-likeness (QED) is 0.127. The van der Waals surface area contributed by atoms with Crippen molar-refractivity contribution in [2.45, 2.75) is 64.7 Å². The Bertz CT molecular complexity index is 1250. The van der Waals surface area contributed by atoms with E-state index in [-0.39, 0.29) is 5.57 Å². The smallest absolute Gasteiger partial charge is 0.501 e. The third-order valence-corrected chi connectivity index (χ3v) is 13.3. The Morgan fingerprint density at radius 1 is 0.525 bits per heavy atom. The van der Waals surface area contributed by atoms with E-state index in [1.165, 1.54) is 47.8 Å². The summed E-state index contributed by atoms with van der Waals surface area (Å²) in [6, 6.07) is 33.3. The normalized spacial score (nSPS) is 14.6. The van der Waals surface area contributed by atoms with Gasteiger partial charge in [0.25, 0.3) is 0 Å². The van der Waals surface area contributed by atoms with E-state index in [0.29, 0.717) is 12.0 Å². The fraction of sp³-hybridized carbons (Fsp3) is 0.314. The van der Waals surface area contributed by atoms with Crippen LogP contribution in [0.25, 0.3) is 0 Å². The molecule has 0 saturated heterocycles. The molecular formula is C35H41O4P. The van der Waals surface area contributed by atoms with Gasteiger partial charge in [0.15, 0.2) is 0 Å². The van der Waals surface area contributed by atoms with E-state index in [9.17, 15) is 19.8 Å². The number of hydrogen-bond acceptors (Lipinski definition) is 4. The van der Waals surface area contributed by atoms with Crippen molar-refractivity contribution in [2.75, 3.05) is 6.16 Å². The van der Waals surface area contributed by atoms with Gasteiger partial charge in [0.1, 0.15) is 0 Å². The van der Waals surface area contributed by atoms with Gasteiger partial charge in [-0.15, -0.1) is 0 Å². The molecule has 0 fully saturated rings. The van der Waals surface area contributed by atoms with Gasteiger partial charge in [-0.05, 0) is 6.92 Å². The molecule has 5 heteroatoms. The first-order chi connectivity index (χ1) is 19.5. The summed E-state index contributed by atoms with van der Waals surface area (Å²) in [4.78, 5) is 24.2. The molecule has 0 atom stereocenters. The molecule has 0 radical (unpaired) electrons. The summed E-state index contributed by atoms with van der Waals surface area (Å²) in [5.74, 6) is -2.91. The third kappa shape index (κ3) is 6.62. The van der Waals surface area contributed by atoms with Crippen LogP contribution in [-0.2, 0) is 9.59 Å². The Kier molecular flexibility index (Phi) is 10.5. The Hall–Kier alpha value is -3.49. The molecule has 1 aliphatic rings. The Balaban J connectivity index is 1.27. The molecule has 3 aromatic rings. The van der Waals surface area contributed by atoms with Crippen molar-refractivity contribution in [1.29, 1.82) is 0 Å². The minimum Gasteiger partial charge on any atom is -0.501 e. The number of benzene rings is 3. The SMILES string of the molecule is CC1=C(CCCCCCCCCC[PH](c2ccccc2)(c2ccccc2)c2ccccc2)C(=O)C(O)=C(O)C1=O. The van der Waals surface area contributed by atoms with Gasteiger partial charge < -0.3 is 10.2 Å². The van der Waals surface area contributed by atoms with Crippen LogP contribution in [0.3, 0.4) is 0 Å². The van der Waals surface area contributed by atoms with Gasteiger partial charge in [-0.25, -0.2) is 0 Å². The fourth-order valence-corrected chi connectivity index (χ4v) is 10.9. The number of aliphatic hydroxyl groups is 2. The first kappa shape index (κ1) is 29.5. The maximum atomic E-state index is 12.2. The topological polar surface area (TPSA) is 74.6 Å². The zero-order chi connectivity index (χ0) is 28.4. The molecule has 4 nitrogen and oxygen atoms in total. The Morgan fingerprint density at radius 3 is 1.35 bits per heavy atom. The standard InChI is InChI=1S/C35H41O4P/c1-27-31(33(37)35(39)34(38)32(27)36)25-17-6-4-2-3-5-7-18-26-40(28-19-11-8-12-20-28,29-21-13-9-14-22-29)30-23-15-10-16-24-30/h8-16,19-24,38-40H,2-7,17-18,25-26H2,1H3. The molecule has 1 aliphatic carbocycles. The van der Waals surface area contributed by atoms with Crippen LogP contribution in [0.4, 0.5) is 0 Å². The van der Waals surface area contributed by atoms with E-state index >= 15 is 0 Å². The molecular weight excluding hydrogens is 515 g/mol. The van der Waals surface area contributed by atoms with E-state index in [0.717, 1.165) is 25.7 Å². The van der Waals surface area contributed by atoms with E-state index < -0.39 is 30.3 Å². The van der Waals surface area contributed by atoms with Gasteiger partial charge >= 0.3 is 195 Å². The Morgan fingerprint density at radius 2 is 0.900 bits per heavy atom. The van der Waals surface area contributed by atoms with Crippen LogP contribution in [-0.4, -0.2) is 27.9 Å². The van der Waals surface area contributed by atoms with E-state index in [4.69, 9.17) is 0 Å². The number of carbonyl (C=O) groups excluding carboxylic acids is 2. The molecule has 0 aliphatic heterocycles. The van der Waals surface area contributed by atoms with Crippen molar-refractivity contribution in [2.24, 2.45) is 0 Å². The predicted octanol–water partition coefficient (Wildman–Crippen LogP) is 7.02. The molecule has 0 bridgehead atoms. The van der Waals surface area contributed by atoms with Gasteiger partial charge in [0.2, 0.25) is 17.3 Å². The fourth-order valence-electron chi connectivity index (χ4n) is 6.00. The molecule has 210 valence electrons. The average Bonchev–Trinajstić information content (AvgIpc) is 3.01. The molecule has 2 N–H and O–H groups in total. The van der Waals surface area contributed by atoms with Crippen LogP contribution in [0.1, 0.15) is 64.7 Å². The Labute approximate surface area is 238 Å². The van der Waals surface area contributed by atoms with E-state index in [1.54, 1.807) is 6.92 Å². The summed E-state index contributed by atoms with van der Waals surface area (Å²) in [6.07, 6.45) is 10.4. The molecule has 4 rings (SSSR count). The summed E-state index contributed by atoms with van der Waals surface area (Å²) in [5, 5.41) is 23.7.